The summed E-state index contributed by atoms with van der Waals surface area (Å²) in [5, 5.41) is 13.0. The third-order valence-corrected chi connectivity index (χ3v) is 3.77. The highest BCUT2D eigenvalue weighted by Gasteiger charge is 2.41. The zero-order valence-corrected chi connectivity index (χ0v) is 10.7. The van der Waals surface area contributed by atoms with Gasteiger partial charge < -0.3 is 16.0 Å². The van der Waals surface area contributed by atoms with E-state index in [2.05, 4.69) is 21.0 Å². The SMILES string of the molecule is O=C(Nc1ccn([C@H]2CCNC2)n1)[C@@]1(F)CCNC1. The van der Waals surface area contributed by atoms with Crippen molar-refractivity contribution in [1.29, 1.82) is 0 Å². The summed E-state index contributed by atoms with van der Waals surface area (Å²) in [5.74, 6) is -0.187. The van der Waals surface area contributed by atoms with E-state index in [9.17, 15) is 9.18 Å². The second-order valence-corrected chi connectivity index (χ2v) is 5.17. The normalized spacial score (nSPS) is 30.7. The van der Waals surface area contributed by atoms with E-state index in [0.29, 0.717) is 18.4 Å². The van der Waals surface area contributed by atoms with Crippen LogP contribution in [0.5, 0.6) is 0 Å². The van der Waals surface area contributed by atoms with Crippen LogP contribution in [0.4, 0.5) is 10.2 Å². The first kappa shape index (κ1) is 12.6. The number of nitrogens with zero attached hydrogens (tertiary/aromatic N) is 2. The topological polar surface area (TPSA) is 71.0 Å². The van der Waals surface area contributed by atoms with Crippen molar-refractivity contribution in [3.8, 4) is 0 Å². The molecule has 19 heavy (non-hydrogen) atoms. The number of carbonyl (C=O) groups is 1. The largest absolute Gasteiger partial charge is 0.315 e. The quantitative estimate of drug-likeness (QED) is 0.724. The Labute approximate surface area is 110 Å². The third kappa shape index (κ3) is 2.48. The van der Waals surface area contributed by atoms with Crippen LogP contribution in [0.2, 0.25) is 0 Å². The Morgan fingerprint density at radius 1 is 1.53 bits per heavy atom. The molecule has 0 radical (unpaired) electrons. The molecule has 2 saturated heterocycles. The number of aromatic nitrogens is 2. The van der Waals surface area contributed by atoms with Crippen LogP contribution >= 0.6 is 0 Å². The molecule has 0 aromatic carbocycles. The molecule has 1 aromatic heterocycles. The first-order valence-corrected chi connectivity index (χ1v) is 6.64. The number of rotatable bonds is 3. The van der Waals surface area contributed by atoms with Crippen molar-refractivity contribution in [2.24, 2.45) is 0 Å². The van der Waals surface area contributed by atoms with Crippen LogP contribution in [0.1, 0.15) is 18.9 Å². The van der Waals surface area contributed by atoms with Crippen LogP contribution in [0.3, 0.4) is 0 Å². The molecule has 0 unspecified atom stereocenters. The first-order chi connectivity index (χ1) is 9.17. The third-order valence-electron chi connectivity index (χ3n) is 3.77. The molecule has 0 saturated carbocycles. The van der Waals surface area contributed by atoms with Crippen molar-refractivity contribution in [2.45, 2.75) is 24.6 Å². The molecule has 3 heterocycles. The zero-order chi connectivity index (χ0) is 13.3. The smallest absolute Gasteiger partial charge is 0.264 e. The molecule has 1 amide bonds. The van der Waals surface area contributed by atoms with E-state index in [1.807, 2.05) is 10.9 Å². The molecule has 7 heteroatoms. The molecular formula is C12H18FN5O. The van der Waals surface area contributed by atoms with Crippen LogP contribution in [-0.2, 0) is 4.79 Å². The summed E-state index contributed by atoms with van der Waals surface area (Å²) >= 11 is 0. The summed E-state index contributed by atoms with van der Waals surface area (Å²) in [7, 11) is 0. The van der Waals surface area contributed by atoms with Crippen LogP contribution in [0.15, 0.2) is 12.3 Å². The zero-order valence-electron chi connectivity index (χ0n) is 10.7. The summed E-state index contributed by atoms with van der Waals surface area (Å²) in [4.78, 5) is 11.9. The first-order valence-electron chi connectivity index (χ1n) is 6.64. The molecule has 2 atom stereocenters. The molecule has 2 aliphatic rings. The molecule has 0 spiro atoms. The van der Waals surface area contributed by atoms with Gasteiger partial charge in [0.2, 0.25) is 5.67 Å². The van der Waals surface area contributed by atoms with E-state index in [1.165, 1.54) is 0 Å². The van der Waals surface area contributed by atoms with Gasteiger partial charge >= 0.3 is 0 Å². The van der Waals surface area contributed by atoms with Crippen molar-refractivity contribution >= 4 is 11.7 Å². The van der Waals surface area contributed by atoms with Gasteiger partial charge in [-0.25, -0.2) is 4.39 Å². The molecule has 3 N–H and O–H groups in total. The van der Waals surface area contributed by atoms with Crippen molar-refractivity contribution in [3.63, 3.8) is 0 Å². The lowest BCUT2D eigenvalue weighted by Gasteiger charge is -2.16. The second kappa shape index (κ2) is 4.90. The van der Waals surface area contributed by atoms with Gasteiger partial charge in [0.15, 0.2) is 5.82 Å². The maximum atomic E-state index is 14.2. The molecule has 2 aliphatic heterocycles. The van der Waals surface area contributed by atoms with Crippen LogP contribution in [0.25, 0.3) is 0 Å². The number of alkyl halides is 1. The van der Waals surface area contributed by atoms with Crippen molar-refractivity contribution < 1.29 is 9.18 Å². The maximum absolute atomic E-state index is 14.2. The number of carbonyl (C=O) groups excluding carboxylic acids is 1. The van der Waals surface area contributed by atoms with Gasteiger partial charge in [0.25, 0.3) is 5.91 Å². The number of amides is 1. The molecule has 1 aromatic rings. The number of halogens is 1. The van der Waals surface area contributed by atoms with E-state index in [-0.39, 0.29) is 13.0 Å². The fourth-order valence-corrected chi connectivity index (χ4v) is 2.56. The Morgan fingerprint density at radius 3 is 3.11 bits per heavy atom. The fraction of sp³-hybridized carbons (Fsp3) is 0.667. The van der Waals surface area contributed by atoms with Crippen molar-refractivity contribution in [3.05, 3.63) is 12.3 Å². The Kier molecular flexibility index (Phi) is 3.24. The Bertz CT molecular complexity index is 462. The van der Waals surface area contributed by atoms with Gasteiger partial charge in [-0.2, -0.15) is 5.10 Å². The lowest BCUT2D eigenvalue weighted by Crippen LogP contribution is -2.40. The maximum Gasteiger partial charge on any atom is 0.264 e. The van der Waals surface area contributed by atoms with Crippen molar-refractivity contribution in [2.75, 3.05) is 31.5 Å². The van der Waals surface area contributed by atoms with Gasteiger partial charge in [0.05, 0.1) is 6.04 Å². The summed E-state index contributed by atoms with van der Waals surface area (Å²) < 4.78 is 16.0. The standard InChI is InChI=1S/C12H18FN5O/c13-12(3-5-15-8-12)11(19)16-10-2-6-18(17-10)9-1-4-14-7-9/h2,6,9,14-15H,1,3-5,7-8H2,(H,16,17,19)/t9-,12+/m0/s1. The van der Waals surface area contributed by atoms with Crippen LogP contribution in [0, 0.1) is 0 Å². The Hall–Kier alpha value is -1.47. The lowest BCUT2D eigenvalue weighted by atomic mass is 10.1. The predicted octanol–water partition coefficient (Wildman–Crippen LogP) is 0.0576. The summed E-state index contributed by atoms with van der Waals surface area (Å²) in [6.45, 7) is 2.47. The highest BCUT2D eigenvalue weighted by Crippen LogP contribution is 2.22. The highest BCUT2D eigenvalue weighted by molar-refractivity contribution is 5.97. The van der Waals surface area contributed by atoms with Gasteiger partial charge in [-0.05, 0) is 19.5 Å². The van der Waals surface area contributed by atoms with Crippen LogP contribution < -0.4 is 16.0 Å². The van der Waals surface area contributed by atoms with Crippen LogP contribution in [-0.4, -0.2) is 47.5 Å². The van der Waals surface area contributed by atoms with Gasteiger partial charge in [-0.15, -0.1) is 0 Å². The average molecular weight is 267 g/mol. The number of hydrogen-bond donors (Lipinski definition) is 3. The summed E-state index contributed by atoms with van der Waals surface area (Å²) in [6.07, 6.45) is 3.06. The number of nitrogens with one attached hydrogen (secondary N) is 3. The second-order valence-electron chi connectivity index (χ2n) is 5.17. The number of hydrogen-bond acceptors (Lipinski definition) is 4. The van der Waals surface area contributed by atoms with E-state index in [4.69, 9.17) is 0 Å². The van der Waals surface area contributed by atoms with Gasteiger partial charge in [-0.1, -0.05) is 0 Å². The molecule has 6 nitrogen and oxygen atoms in total. The van der Waals surface area contributed by atoms with E-state index >= 15 is 0 Å². The molecule has 0 bridgehead atoms. The lowest BCUT2D eigenvalue weighted by molar-refractivity contribution is -0.126. The molecular weight excluding hydrogens is 249 g/mol. The van der Waals surface area contributed by atoms with Crippen molar-refractivity contribution in [1.82, 2.24) is 20.4 Å². The summed E-state index contributed by atoms with van der Waals surface area (Å²) in [6, 6.07) is 2.03. The molecule has 0 aliphatic carbocycles. The monoisotopic (exact) mass is 267 g/mol. The van der Waals surface area contributed by atoms with E-state index < -0.39 is 11.6 Å². The minimum Gasteiger partial charge on any atom is -0.315 e. The molecule has 2 fully saturated rings. The minimum absolute atomic E-state index is 0.0755. The summed E-state index contributed by atoms with van der Waals surface area (Å²) in [5.41, 5.74) is -1.81. The Morgan fingerprint density at radius 2 is 2.42 bits per heavy atom. The highest BCUT2D eigenvalue weighted by atomic mass is 19.1. The average Bonchev–Trinajstić information content (AvgIpc) is 3.08. The van der Waals surface area contributed by atoms with E-state index in [1.54, 1.807) is 6.07 Å². The Balaban J connectivity index is 1.65. The molecule has 3 rings (SSSR count). The van der Waals surface area contributed by atoms with Gasteiger partial charge in [-0.3, -0.25) is 9.48 Å². The van der Waals surface area contributed by atoms with Gasteiger partial charge in [0.1, 0.15) is 0 Å². The fourth-order valence-electron chi connectivity index (χ4n) is 2.56. The van der Waals surface area contributed by atoms with E-state index in [0.717, 1.165) is 19.5 Å². The van der Waals surface area contributed by atoms with Gasteiger partial charge in [0, 0.05) is 31.8 Å². The number of anilines is 1. The predicted molar refractivity (Wildman–Crippen MR) is 68.7 cm³/mol. The molecule has 104 valence electrons. The minimum atomic E-state index is -1.81.